The van der Waals surface area contributed by atoms with Crippen LogP contribution in [0.3, 0.4) is 0 Å². The van der Waals surface area contributed by atoms with Crippen LogP contribution in [0.1, 0.15) is 41.6 Å². The van der Waals surface area contributed by atoms with Crippen molar-refractivity contribution in [3.63, 3.8) is 0 Å². The Morgan fingerprint density at radius 1 is 0.927 bits per heavy atom. The van der Waals surface area contributed by atoms with Crippen LogP contribution in [0.15, 0.2) is 66.7 Å². The number of phenols is 1. The molecule has 0 spiro atoms. The molecule has 0 fully saturated rings. The molecular formula is C33H39N3O5. The topological polar surface area (TPSA) is 113 Å². The van der Waals surface area contributed by atoms with Crippen molar-refractivity contribution in [1.82, 2.24) is 15.6 Å². The van der Waals surface area contributed by atoms with Gasteiger partial charge in [-0.1, -0.05) is 36.8 Å². The third-order valence-electron chi connectivity index (χ3n) is 7.12. The van der Waals surface area contributed by atoms with Crippen molar-refractivity contribution >= 4 is 22.7 Å². The molecule has 0 aliphatic heterocycles. The molecule has 0 saturated carbocycles. The van der Waals surface area contributed by atoms with Crippen LogP contribution in [-0.2, 0) is 28.9 Å². The number of aromatic nitrogens is 1. The van der Waals surface area contributed by atoms with Crippen LogP contribution >= 0.6 is 0 Å². The molecule has 1 heterocycles. The van der Waals surface area contributed by atoms with Crippen LogP contribution in [0.5, 0.6) is 17.2 Å². The summed E-state index contributed by atoms with van der Waals surface area (Å²) in [6, 6.07) is 19.8. The van der Waals surface area contributed by atoms with Crippen molar-refractivity contribution in [2.24, 2.45) is 0 Å². The number of H-pyrrole nitrogens is 1. The largest absolute Gasteiger partial charge is 0.508 e. The van der Waals surface area contributed by atoms with E-state index >= 15 is 0 Å². The van der Waals surface area contributed by atoms with E-state index in [0.29, 0.717) is 13.0 Å². The molecule has 3 aromatic carbocycles. The molecule has 0 radical (unpaired) electrons. The zero-order chi connectivity index (χ0) is 29.2. The monoisotopic (exact) mass is 557 g/mol. The summed E-state index contributed by atoms with van der Waals surface area (Å²) in [7, 11) is 3.33. The van der Waals surface area contributed by atoms with Gasteiger partial charge in [-0.25, -0.2) is 0 Å². The van der Waals surface area contributed by atoms with Gasteiger partial charge in [-0.05, 0) is 79.1 Å². The van der Waals surface area contributed by atoms with E-state index in [1.54, 1.807) is 38.5 Å². The number of carbonyl (C=O) groups is 2. The Bertz CT molecular complexity index is 1400. The van der Waals surface area contributed by atoms with Crippen molar-refractivity contribution in [2.45, 2.75) is 51.5 Å². The predicted molar refractivity (Wildman–Crippen MR) is 161 cm³/mol. The fourth-order valence-corrected chi connectivity index (χ4v) is 5.02. The average molecular weight is 558 g/mol. The number of carbonyl (C=O) groups excluding carboxylic acids is 2. The van der Waals surface area contributed by atoms with Crippen molar-refractivity contribution in [3.05, 3.63) is 89.1 Å². The standard InChI is InChI=1S/C33H39N3O5/c1-22-17-30(40-2)27(31(18-22)41-3)10-5-4-8-16-34-33(39)29(19-23-12-14-26(37)15-13-23)36-32(38)21-25-20-24-9-6-7-11-28(24)35-25/h6-7,9,11-15,17-18,20,29,35,37H,4-5,8,10,16,19,21H2,1-3H3,(H,34,39)(H,36,38)/t29-/m1/s1. The van der Waals surface area contributed by atoms with Gasteiger partial charge in [-0.3, -0.25) is 9.59 Å². The Balaban J connectivity index is 1.30. The fourth-order valence-electron chi connectivity index (χ4n) is 5.02. The molecule has 8 heteroatoms. The van der Waals surface area contributed by atoms with Gasteiger partial charge in [-0.15, -0.1) is 0 Å². The van der Waals surface area contributed by atoms with Crippen LogP contribution in [0.4, 0.5) is 0 Å². The van der Waals surface area contributed by atoms with E-state index in [1.807, 2.05) is 49.4 Å². The second-order valence-corrected chi connectivity index (χ2v) is 10.3. The lowest BCUT2D eigenvalue weighted by Gasteiger charge is -2.19. The summed E-state index contributed by atoms with van der Waals surface area (Å²) in [5, 5.41) is 16.6. The lowest BCUT2D eigenvalue weighted by molar-refractivity contribution is -0.128. The average Bonchev–Trinajstić information content (AvgIpc) is 3.37. The minimum Gasteiger partial charge on any atom is -0.508 e. The Labute approximate surface area is 241 Å². The summed E-state index contributed by atoms with van der Waals surface area (Å²) < 4.78 is 11.1. The summed E-state index contributed by atoms with van der Waals surface area (Å²) in [5.41, 5.74) is 4.73. The molecular weight excluding hydrogens is 518 g/mol. The molecule has 4 rings (SSSR count). The lowest BCUT2D eigenvalue weighted by Crippen LogP contribution is -2.48. The number of methoxy groups -OCH3 is 2. The number of nitrogens with one attached hydrogen (secondary N) is 3. The fraction of sp³-hybridized carbons (Fsp3) is 0.333. The summed E-state index contributed by atoms with van der Waals surface area (Å²) in [6.07, 6.45) is 3.90. The minimum atomic E-state index is -0.738. The van der Waals surface area contributed by atoms with Gasteiger partial charge in [-0.2, -0.15) is 0 Å². The molecule has 4 aromatic rings. The van der Waals surface area contributed by atoms with Gasteiger partial charge >= 0.3 is 0 Å². The molecule has 4 N–H and O–H groups in total. The number of hydrogen-bond donors (Lipinski definition) is 4. The minimum absolute atomic E-state index is 0.139. The summed E-state index contributed by atoms with van der Waals surface area (Å²) in [4.78, 5) is 29.4. The zero-order valence-corrected chi connectivity index (χ0v) is 24.0. The molecule has 8 nitrogen and oxygen atoms in total. The highest BCUT2D eigenvalue weighted by atomic mass is 16.5. The van der Waals surface area contributed by atoms with E-state index < -0.39 is 6.04 Å². The highest BCUT2D eigenvalue weighted by Gasteiger charge is 2.22. The molecule has 0 bridgehead atoms. The molecule has 0 aliphatic rings. The van der Waals surface area contributed by atoms with E-state index in [0.717, 1.165) is 70.5 Å². The zero-order valence-electron chi connectivity index (χ0n) is 24.0. The maximum Gasteiger partial charge on any atom is 0.242 e. The van der Waals surface area contributed by atoms with Crippen LogP contribution in [-0.4, -0.2) is 48.7 Å². The van der Waals surface area contributed by atoms with Crippen molar-refractivity contribution in [3.8, 4) is 17.2 Å². The number of aromatic amines is 1. The van der Waals surface area contributed by atoms with Crippen LogP contribution < -0.4 is 20.1 Å². The number of unbranched alkanes of at least 4 members (excludes halogenated alkanes) is 2. The van der Waals surface area contributed by atoms with Crippen LogP contribution in [0, 0.1) is 6.92 Å². The molecule has 2 amide bonds. The number of fused-ring (bicyclic) bond motifs is 1. The normalized spacial score (nSPS) is 11.7. The van der Waals surface area contributed by atoms with Crippen molar-refractivity contribution in [1.29, 1.82) is 0 Å². The van der Waals surface area contributed by atoms with Gasteiger partial charge in [0.1, 0.15) is 23.3 Å². The van der Waals surface area contributed by atoms with E-state index in [4.69, 9.17) is 9.47 Å². The second-order valence-electron chi connectivity index (χ2n) is 10.3. The lowest BCUT2D eigenvalue weighted by atomic mass is 10.0. The van der Waals surface area contributed by atoms with Crippen LogP contribution in [0.2, 0.25) is 0 Å². The molecule has 1 atom stereocenters. The first-order chi connectivity index (χ1) is 19.9. The Hall–Kier alpha value is -4.46. The van der Waals surface area contributed by atoms with E-state index in [1.165, 1.54) is 0 Å². The van der Waals surface area contributed by atoms with Gasteiger partial charge in [0.15, 0.2) is 0 Å². The number of para-hydroxylation sites is 1. The number of hydrogen-bond acceptors (Lipinski definition) is 5. The van der Waals surface area contributed by atoms with Gasteiger partial charge in [0, 0.05) is 29.7 Å². The van der Waals surface area contributed by atoms with Gasteiger partial charge in [0.05, 0.1) is 20.6 Å². The number of amides is 2. The maximum atomic E-state index is 13.2. The second kappa shape index (κ2) is 14.3. The number of ether oxygens (including phenoxy) is 2. The predicted octanol–water partition coefficient (Wildman–Crippen LogP) is 5.00. The molecule has 216 valence electrons. The molecule has 1 aromatic heterocycles. The summed E-state index contributed by atoms with van der Waals surface area (Å²) in [6.45, 7) is 2.52. The van der Waals surface area contributed by atoms with Crippen molar-refractivity contribution < 1.29 is 24.2 Å². The maximum absolute atomic E-state index is 13.2. The number of phenolic OH excluding ortho intramolecular Hbond substituents is 1. The smallest absolute Gasteiger partial charge is 0.242 e. The third-order valence-corrected chi connectivity index (χ3v) is 7.12. The van der Waals surface area contributed by atoms with Crippen molar-refractivity contribution in [2.75, 3.05) is 20.8 Å². The number of benzene rings is 3. The first-order valence-electron chi connectivity index (χ1n) is 14.0. The number of aryl methyl sites for hydroxylation is 1. The summed E-state index contributed by atoms with van der Waals surface area (Å²) in [5.74, 6) is 1.34. The van der Waals surface area contributed by atoms with Gasteiger partial charge in [0.25, 0.3) is 0 Å². The first-order valence-corrected chi connectivity index (χ1v) is 14.0. The highest BCUT2D eigenvalue weighted by molar-refractivity contribution is 5.89. The van der Waals surface area contributed by atoms with Gasteiger partial charge < -0.3 is 30.2 Å². The SMILES string of the molecule is COc1cc(C)cc(OC)c1CCCCCNC(=O)[C@@H](Cc1ccc(O)cc1)NC(=O)Cc1cc2ccccc2[nH]1. The Morgan fingerprint density at radius 2 is 1.63 bits per heavy atom. The quantitative estimate of drug-likeness (QED) is 0.163. The van der Waals surface area contributed by atoms with E-state index in [-0.39, 0.29) is 24.0 Å². The molecule has 0 aliphatic carbocycles. The highest BCUT2D eigenvalue weighted by Crippen LogP contribution is 2.31. The molecule has 41 heavy (non-hydrogen) atoms. The molecule has 0 unspecified atom stereocenters. The summed E-state index contributed by atoms with van der Waals surface area (Å²) >= 11 is 0. The Morgan fingerprint density at radius 3 is 2.32 bits per heavy atom. The first kappa shape index (κ1) is 29.5. The third kappa shape index (κ3) is 8.27. The van der Waals surface area contributed by atoms with Crippen LogP contribution in [0.25, 0.3) is 10.9 Å². The van der Waals surface area contributed by atoms with E-state index in [2.05, 4.69) is 15.6 Å². The Kier molecular flexibility index (Phi) is 10.3. The molecule has 0 saturated heterocycles. The number of rotatable bonds is 14. The number of aromatic hydroxyl groups is 1. The van der Waals surface area contributed by atoms with Gasteiger partial charge in [0.2, 0.25) is 11.8 Å². The van der Waals surface area contributed by atoms with E-state index in [9.17, 15) is 14.7 Å².